The molecule has 0 aliphatic heterocycles. The normalized spacial score (nSPS) is 19.4. The summed E-state index contributed by atoms with van der Waals surface area (Å²) in [6.45, 7) is 2.21. The molecule has 178 valence electrons. The molecule has 2 aromatic rings. The van der Waals surface area contributed by atoms with E-state index >= 15 is 0 Å². The van der Waals surface area contributed by atoms with Gasteiger partial charge in [0.25, 0.3) is 5.91 Å². The van der Waals surface area contributed by atoms with Crippen molar-refractivity contribution in [2.45, 2.75) is 51.4 Å². The maximum Gasteiger partial charge on any atom is 0.433 e. The van der Waals surface area contributed by atoms with Gasteiger partial charge in [0, 0.05) is 6.20 Å². The van der Waals surface area contributed by atoms with Crippen molar-refractivity contribution < 1.29 is 27.6 Å². The summed E-state index contributed by atoms with van der Waals surface area (Å²) in [5.74, 6) is -0.712. The van der Waals surface area contributed by atoms with Crippen LogP contribution in [0.15, 0.2) is 42.6 Å². The molecule has 1 atom stereocenters. The van der Waals surface area contributed by atoms with E-state index in [0.29, 0.717) is 25.2 Å². The Morgan fingerprint density at radius 1 is 1.21 bits per heavy atom. The lowest BCUT2D eigenvalue weighted by Gasteiger charge is -2.36. The highest BCUT2D eigenvalue weighted by Crippen LogP contribution is 2.32. The van der Waals surface area contributed by atoms with Crippen molar-refractivity contribution in [1.29, 1.82) is 0 Å². The summed E-state index contributed by atoms with van der Waals surface area (Å²) in [4.78, 5) is 37.6. The number of nitrogens with zero attached hydrogens (tertiary/aromatic N) is 3. The van der Waals surface area contributed by atoms with Gasteiger partial charge in [-0.3, -0.25) is 25.3 Å². The molecule has 33 heavy (non-hydrogen) atoms. The third kappa shape index (κ3) is 6.88. The van der Waals surface area contributed by atoms with Crippen LogP contribution in [-0.4, -0.2) is 33.4 Å². The van der Waals surface area contributed by atoms with Gasteiger partial charge in [0.05, 0.1) is 0 Å². The summed E-state index contributed by atoms with van der Waals surface area (Å²) < 4.78 is 38.6. The molecule has 2 N–H and O–H groups in total. The highest BCUT2D eigenvalue weighted by Gasteiger charge is 2.37. The van der Waals surface area contributed by atoms with Crippen LogP contribution >= 0.6 is 0 Å². The number of carbonyl (C=O) groups is 2. The number of hydroxylamine groups is 2. The predicted molar refractivity (Wildman–Crippen MR) is 113 cm³/mol. The summed E-state index contributed by atoms with van der Waals surface area (Å²) in [5, 5.41) is 0.984. The molecular formula is C22H26F3N5O3. The highest BCUT2D eigenvalue weighted by molar-refractivity contribution is 5.84. The zero-order chi connectivity index (χ0) is 23.8. The fraction of sp³-hybridized carbons (Fsp3) is 0.455. The van der Waals surface area contributed by atoms with E-state index in [9.17, 15) is 22.8 Å². The van der Waals surface area contributed by atoms with Crippen molar-refractivity contribution in [3.05, 3.63) is 53.9 Å². The summed E-state index contributed by atoms with van der Waals surface area (Å²) in [6, 6.07) is 8.91. The number of carbonyl (C=O) groups excluding carboxylic acids is 2. The molecule has 2 amide bonds. The van der Waals surface area contributed by atoms with Crippen LogP contribution in [0.2, 0.25) is 0 Å². The van der Waals surface area contributed by atoms with Crippen molar-refractivity contribution in [3.63, 3.8) is 0 Å². The molecule has 0 radical (unpaired) electrons. The molecule has 1 aliphatic rings. The van der Waals surface area contributed by atoms with Crippen LogP contribution in [0.4, 0.5) is 19.1 Å². The van der Waals surface area contributed by atoms with Gasteiger partial charge in [0.2, 0.25) is 12.4 Å². The number of anilines is 1. The Morgan fingerprint density at radius 2 is 1.91 bits per heavy atom. The van der Waals surface area contributed by atoms with E-state index in [1.165, 1.54) is 0 Å². The average Bonchev–Trinajstić information content (AvgIpc) is 2.81. The van der Waals surface area contributed by atoms with Crippen LogP contribution in [-0.2, 0) is 27.2 Å². The molecule has 0 saturated heterocycles. The van der Waals surface area contributed by atoms with Gasteiger partial charge in [-0.2, -0.15) is 13.2 Å². The topological polar surface area (TPSA) is 96.5 Å². The molecule has 3 rings (SSSR count). The first-order valence-electron chi connectivity index (χ1n) is 10.6. The smallest absolute Gasteiger partial charge is 0.276 e. The molecule has 1 aliphatic carbocycles. The first-order chi connectivity index (χ1) is 15.8. The minimum Gasteiger partial charge on any atom is -0.276 e. The quantitative estimate of drug-likeness (QED) is 0.433. The average molecular weight is 465 g/mol. The second-order valence-corrected chi connectivity index (χ2v) is 8.07. The first-order valence-corrected chi connectivity index (χ1v) is 10.6. The van der Waals surface area contributed by atoms with Crippen LogP contribution in [0.25, 0.3) is 0 Å². The van der Waals surface area contributed by atoms with Crippen molar-refractivity contribution in [1.82, 2.24) is 20.5 Å². The van der Waals surface area contributed by atoms with Gasteiger partial charge in [-0.1, -0.05) is 50.1 Å². The largest absolute Gasteiger partial charge is 0.433 e. The van der Waals surface area contributed by atoms with E-state index < -0.39 is 29.8 Å². The molecule has 1 fully saturated rings. The van der Waals surface area contributed by atoms with Crippen molar-refractivity contribution in [2.75, 3.05) is 5.43 Å². The number of halogens is 3. The van der Waals surface area contributed by atoms with E-state index in [-0.39, 0.29) is 12.5 Å². The number of aromatic nitrogens is 2. The number of hydrogen-bond donors (Lipinski definition) is 2. The van der Waals surface area contributed by atoms with Gasteiger partial charge >= 0.3 is 6.18 Å². The van der Waals surface area contributed by atoms with E-state index in [0.717, 1.165) is 35.7 Å². The first kappa shape index (κ1) is 24.4. The molecule has 1 aromatic heterocycles. The fourth-order valence-corrected chi connectivity index (χ4v) is 3.81. The molecule has 8 nitrogen and oxygen atoms in total. The summed E-state index contributed by atoms with van der Waals surface area (Å²) in [5.41, 5.74) is 4.33. The molecular weight excluding hydrogens is 439 g/mol. The highest BCUT2D eigenvalue weighted by atomic mass is 19.4. The molecule has 1 aromatic carbocycles. The lowest BCUT2D eigenvalue weighted by atomic mass is 9.79. The second kappa shape index (κ2) is 11.1. The van der Waals surface area contributed by atoms with Gasteiger partial charge in [-0.05, 0) is 36.3 Å². The van der Waals surface area contributed by atoms with Gasteiger partial charge in [0.1, 0.15) is 18.3 Å². The third-order valence-corrected chi connectivity index (χ3v) is 5.62. The fourth-order valence-electron chi connectivity index (χ4n) is 3.81. The molecule has 0 spiro atoms. The van der Waals surface area contributed by atoms with Gasteiger partial charge in [-0.25, -0.2) is 15.0 Å². The number of amides is 2. The summed E-state index contributed by atoms with van der Waals surface area (Å²) >= 11 is 0. The number of hydrogen-bond acceptors (Lipinski definition) is 6. The zero-order valence-electron chi connectivity index (χ0n) is 18.1. The maximum absolute atomic E-state index is 13.1. The third-order valence-electron chi connectivity index (χ3n) is 5.62. The minimum atomic E-state index is -4.65. The molecule has 11 heteroatoms. The van der Waals surface area contributed by atoms with Gasteiger partial charge in [-0.15, -0.1) is 0 Å². The molecule has 1 saturated carbocycles. The Kier molecular flexibility index (Phi) is 8.21. The number of rotatable bonds is 9. The molecule has 1 unspecified atom stereocenters. The number of nitrogens with one attached hydrogen (secondary N) is 2. The Morgan fingerprint density at radius 3 is 2.55 bits per heavy atom. The van der Waals surface area contributed by atoms with E-state index in [2.05, 4.69) is 27.7 Å². The SMILES string of the molecule is CC1CCC(C(C(=O)NNc2nccc(C(F)(F)F)n2)N(C=O)OCc2ccccc2)CC1. The Labute approximate surface area is 189 Å². The minimum absolute atomic E-state index is 0.0800. The van der Waals surface area contributed by atoms with Crippen LogP contribution in [0, 0.1) is 11.8 Å². The van der Waals surface area contributed by atoms with E-state index in [1.807, 2.05) is 30.3 Å². The van der Waals surface area contributed by atoms with Crippen LogP contribution < -0.4 is 10.9 Å². The van der Waals surface area contributed by atoms with Crippen LogP contribution in [0.1, 0.15) is 43.9 Å². The zero-order valence-corrected chi connectivity index (χ0v) is 18.1. The summed E-state index contributed by atoms with van der Waals surface area (Å²) in [7, 11) is 0. The number of alkyl halides is 3. The Bertz CT molecular complexity index is 921. The standard InChI is InChI=1S/C22H26F3N5O3/c1-15-7-9-17(10-8-15)19(30(14-31)33-13-16-5-3-2-4-6-16)20(32)28-29-21-26-12-11-18(27-21)22(23,24)25/h2-6,11-12,14-15,17,19H,7-10,13H2,1H3,(H,28,32)(H,26,27,29). The molecule has 1 heterocycles. The van der Waals surface area contributed by atoms with E-state index in [4.69, 9.17) is 4.84 Å². The molecule has 0 bridgehead atoms. The van der Waals surface area contributed by atoms with Gasteiger partial charge < -0.3 is 0 Å². The second-order valence-electron chi connectivity index (χ2n) is 8.07. The van der Waals surface area contributed by atoms with Crippen molar-refractivity contribution in [3.8, 4) is 0 Å². The Balaban J connectivity index is 1.72. The predicted octanol–water partition coefficient (Wildman–Crippen LogP) is 3.72. The Hall–Kier alpha value is -3.21. The summed E-state index contributed by atoms with van der Waals surface area (Å²) in [6.07, 6.45) is -0.0635. The van der Waals surface area contributed by atoms with Crippen molar-refractivity contribution in [2.24, 2.45) is 11.8 Å². The van der Waals surface area contributed by atoms with Crippen molar-refractivity contribution >= 4 is 18.3 Å². The lowest BCUT2D eigenvalue weighted by Crippen LogP contribution is -2.52. The van der Waals surface area contributed by atoms with Crippen LogP contribution in [0.5, 0.6) is 0 Å². The van der Waals surface area contributed by atoms with Gasteiger partial charge in [0.15, 0.2) is 0 Å². The number of benzene rings is 1. The van der Waals surface area contributed by atoms with E-state index in [1.54, 1.807) is 0 Å². The lowest BCUT2D eigenvalue weighted by molar-refractivity contribution is -0.202. The monoisotopic (exact) mass is 465 g/mol. The maximum atomic E-state index is 13.1. The van der Waals surface area contributed by atoms with Crippen LogP contribution in [0.3, 0.4) is 0 Å². The number of hydrazine groups is 1.